The minimum atomic E-state index is 0. The van der Waals surface area contributed by atoms with Gasteiger partial charge in [-0.05, 0) is 26.2 Å². The maximum Gasteiger partial charge on any atom is 0.225 e. The fourth-order valence-corrected chi connectivity index (χ4v) is 4.15. The Morgan fingerprint density at radius 3 is 2.59 bits per heavy atom. The van der Waals surface area contributed by atoms with Crippen molar-refractivity contribution in [1.29, 1.82) is 0 Å². The molecule has 2 aliphatic heterocycles. The van der Waals surface area contributed by atoms with Crippen molar-refractivity contribution >= 4 is 35.8 Å². The number of guanidine groups is 1. The number of ether oxygens (including phenoxy) is 1. The van der Waals surface area contributed by atoms with Gasteiger partial charge in [-0.3, -0.25) is 14.7 Å². The lowest BCUT2D eigenvalue weighted by molar-refractivity contribution is -0.134. The maximum absolute atomic E-state index is 12.6. The number of nitrogens with zero attached hydrogens (tertiary/aromatic N) is 3. The quantitative estimate of drug-likeness (QED) is 0.332. The summed E-state index contributed by atoms with van der Waals surface area (Å²) in [5.74, 6) is 1.53. The lowest BCUT2D eigenvalue weighted by Gasteiger charge is -2.26. The summed E-state index contributed by atoms with van der Waals surface area (Å²) in [4.78, 5) is 21.8. The van der Waals surface area contributed by atoms with E-state index in [0.717, 1.165) is 84.2 Å². The molecule has 1 saturated carbocycles. The molecule has 1 amide bonds. The highest BCUT2D eigenvalue weighted by Crippen LogP contribution is 2.27. The van der Waals surface area contributed by atoms with Crippen LogP contribution in [0.4, 0.5) is 0 Å². The molecule has 0 bridgehead atoms. The smallest absolute Gasteiger partial charge is 0.225 e. The second-order valence-electron chi connectivity index (χ2n) is 7.61. The molecule has 0 aromatic heterocycles. The van der Waals surface area contributed by atoms with E-state index in [0.29, 0.717) is 11.9 Å². The van der Waals surface area contributed by atoms with Gasteiger partial charge in [0, 0.05) is 51.2 Å². The van der Waals surface area contributed by atoms with Crippen LogP contribution in [-0.4, -0.2) is 86.7 Å². The minimum absolute atomic E-state index is 0. The van der Waals surface area contributed by atoms with E-state index in [-0.39, 0.29) is 29.9 Å². The minimum Gasteiger partial charge on any atom is -0.379 e. The zero-order valence-corrected chi connectivity index (χ0v) is 19.0. The van der Waals surface area contributed by atoms with Crippen LogP contribution in [0.5, 0.6) is 0 Å². The number of halogens is 1. The van der Waals surface area contributed by atoms with Gasteiger partial charge in [0.2, 0.25) is 5.91 Å². The maximum atomic E-state index is 12.6. The number of likely N-dealkylation sites (tertiary alicyclic amines) is 1. The molecule has 2 N–H and O–H groups in total. The standard InChI is InChI=1S/C19H35N5O2.HI/c1-2-20-19(21-8-10-23-11-13-26-14-12-23)22-17-7-9-24(15-17)18(25)16-5-3-4-6-16;/h16-17H,2-15H2,1H3,(H2,20,21,22);1H. The Hall–Kier alpha value is -0.610. The van der Waals surface area contributed by atoms with Crippen LogP contribution in [0.1, 0.15) is 39.0 Å². The number of carbonyl (C=O) groups is 1. The third kappa shape index (κ3) is 7.05. The van der Waals surface area contributed by atoms with Crippen molar-refractivity contribution < 1.29 is 9.53 Å². The van der Waals surface area contributed by atoms with E-state index >= 15 is 0 Å². The highest BCUT2D eigenvalue weighted by molar-refractivity contribution is 14.0. The largest absolute Gasteiger partial charge is 0.379 e. The Kier molecular flexibility index (Phi) is 10.1. The molecule has 3 rings (SSSR count). The number of rotatable bonds is 6. The third-order valence-electron chi connectivity index (χ3n) is 5.68. The summed E-state index contributed by atoms with van der Waals surface area (Å²) in [6.07, 6.45) is 5.60. The van der Waals surface area contributed by atoms with Gasteiger partial charge in [-0.15, -0.1) is 24.0 Å². The monoisotopic (exact) mass is 493 g/mol. The SMILES string of the molecule is CCNC(=NCCN1CCOCC1)NC1CCN(C(=O)C2CCCC2)C1.I. The number of amides is 1. The summed E-state index contributed by atoms with van der Waals surface area (Å²) in [6.45, 7) is 10.0. The van der Waals surface area contributed by atoms with Crippen molar-refractivity contribution in [2.45, 2.75) is 45.1 Å². The topological polar surface area (TPSA) is 69.2 Å². The first kappa shape index (κ1) is 22.7. The summed E-state index contributed by atoms with van der Waals surface area (Å²) >= 11 is 0. The molecule has 1 unspecified atom stereocenters. The Bertz CT molecular complexity index is 479. The van der Waals surface area contributed by atoms with E-state index in [1.807, 2.05) is 0 Å². The zero-order valence-electron chi connectivity index (χ0n) is 16.6. The van der Waals surface area contributed by atoms with Crippen LogP contribution in [0.15, 0.2) is 4.99 Å². The number of hydrogen-bond donors (Lipinski definition) is 2. The number of hydrogen-bond acceptors (Lipinski definition) is 4. The summed E-state index contributed by atoms with van der Waals surface area (Å²) < 4.78 is 5.39. The fraction of sp³-hybridized carbons (Fsp3) is 0.895. The van der Waals surface area contributed by atoms with E-state index < -0.39 is 0 Å². The predicted octanol–water partition coefficient (Wildman–Crippen LogP) is 1.28. The molecule has 156 valence electrons. The Morgan fingerprint density at radius 2 is 1.89 bits per heavy atom. The predicted molar refractivity (Wildman–Crippen MR) is 119 cm³/mol. The molecule has 0 spiro atoms. The lowest BCUT2D eigenvalue weighted by Crippen LogP contribution is -2.46. The van der Waals surface area contributed by atoms with Crippen LogP contribution in [0.3, 0.4) is 0 Å². The molecular weight excluding hydrogens is 457 g/mol. The molecule has 0 aromatic rings. The van der Waals surface area contributed by atoms with Gasteiger partial charge < -0.3 is 20.3 Å². The van der Waals surface area contributed by atoms with Crippen molar-refractivity contribution in [2.24, 2.45) is 10.9 Å². The molecule has 27 heavy (non-hydrogen) atoms. The van der Waals surface area contributed by atoms with Crippen LogP contribution in [0.25, 0.3) is 0 Å². The lowest BCUT2D eigenvalue weighted by atomic mass is 10.1. The number of morpholine rings is 1. The summed E-state index contributed by atoms with van der Waals surface area (Å²) in [6, 6.07) is 0.307. The molecule has 1 aliphatic carbocycles. The number of nitrogens with one attached hydrogen (secondary N) is 2. The number of aliphatic imine (C=N–C) groups is 1. The van der Waals surface area contributed by atoms with Gasteiger partial charge in [0.15, 0.2) is 5.96 Å². The van der Waals surface area contributed by atoms with Gasteiger partial charge in [0.05, 0.1) is 19.8 Å². The molecule has 0 aromatic carbocycles. The van der Waals surface area contributed by atoms with Crippen molar-refractivity contribution in [2.75, 3.05) is 59.0 Å². The molecule has 2 saturated heterocycles. The van der Waals surface area contributed by atoms with Crippen molar-refractivity contribution in [3.63, 3.8) is 0 Å². The van der Waals surface area contributed by atoms with E-state index in [1.54, 1.807) is 0 Å². The molecule has 8 heteroatoms. The molecule has 3 aliphatic rings. The highest BCUT2D eigenvalue weighted by atomic mass is 127. The van der Waals surface area contributed by atoms with Crippen LogP contribution < -0.4 is 10.6 Å². The summed E-state index contributed by atoms with van der Waals surface area (Å²) in [5, 5.41) is 6.87. The second kappa shape index (κ2) is 12.1. The van der Waals surface area contributed by atoms with Gasteiger partial charge >= 0.3 is 0 Å². The Morgan fingerprint density at radius 1 is 1.15 bits per heavy atom. The first-order valence-corrected chi connectivity index (χ1v) is 10.4. The Labute approximate surface area is 180 Å². The van der Waals surface area contributed by atoms with Crippen LogP contribution in [0, 0.1) is 5.92 Å². The van der Waals surface area contributed by atoms with Gasteiger partial charge in [-0.1, -0.05) is 12.8 Å². The van der Waals surface area contributed by atoms with E-state index in [9.17, 15) is 4.79 Å². The number of carbonyl (C=O) groups excluding carboxylic acids is 1. The normalized spacial score (nSPS) is 24.7. The van der Waals surface area contributed by atoms with Crippen molar-refractivity contribution in [1.82, 2.24) is 20.4 Å². The first-order valence-electron chi connectivity index (χ1n) is 10.4. The van der Waals surface area contributed by atoms with Crippen molar-refractivity contribution in [3.8, 4) is 0 Å². The summed E-state index contributed by atoms with van der Waals surface area (Å²) in [7, 11) is 0. The second-order valence-corrected chi connectivity index (χ2v) is 7.61. The van der Waals surface area contributed by atoms with E-state index in [1.165, 1.54) is 12.8 Å². The van der Waals surface area contributed by atoms with Crippen LogP contribution in [-0.2, 0) is 9.53 Å². The van der Waals surface area contributed by atoms with Crippen molar-refractivity contribution in [3.05, 3.63) is 0 Å². The molecule has 0 radical (unpaired) electrons. The van der Waals surface area contributed by atoms with Crippen LogP contribution >= 0.6 is 24.0 Å². The average Bonchev–Trinajstić information content (AvgIpc) is 3.34. The van der Waals surface area contributed by atoms with E-state index in [2.05, 4.69) is 27.4 Å². The molecule has 1 atom stereocenters. The van der Waals surface area contributed by atoms with Gasteiger partial charge in [-0.25, -0.2) is 0 Å². The molecular formula is C19H36IN5O2. The molecule has 7 nitrogen and oxygen atoms in total. The molecule has 3 fully saturated rings. The molecule has 2 heterocycles. The average molecular weight is 493 g/mol. The third-order valence-corrected chi connectivity index (χ3v) is 5.68. The van der Waals surface area contributed by atoms with Gasteiger partial charge in [0.25, 0.3) is 0 Å². The zero-order chi connectivity index (χ0) is 18.2. The Balaban J connectivity index is 0.00000261. The first-order chi connectivity index (χ1) is 12.8. The van der Waals surface area contributed by atoms with E-state index in [4.69, 9.17) is 9.73 Å². The highest BCUT2D eigenvalue weighted by Gasteiger charge is 2.32. The fourth-order valence-electron chi connectivity index (χ4n) is 4.15. The van der Waals surface area contributed by atoms with Gasteiger partial charge in [-0.2, -0.15) is 0 Å². The van der Waals surface area contributed by atoms with Gasteiger partial charge in [0.1, 0.15) is 0 Å². The van der Waals surface area contributed by atoms with Crippen LogP contribution in [0.2, 0.25) is 0 Å². The summed E-state index contributed by atoms with van der Waals surface area (Å²) in [5.41, 5.74) is 0.